The fourth-order valence-corrected chi connectivity index (χ4v) is 4.86. The summed E-state index contributed by atoms with van der Waals surface area (Å²) >= 11 is 1.63. The van der Waals surface area contributed by atoms with Crippen molar-refractivity contribution in [2.24, 2.45) is 0 Å². The predicted molar refractivity (Wildman–Crippen MR) is 122 cm³/mol. The molecule has 2 aromatic heterocycles. The Hall–Kier alpha value is -3.52. The summed E-state index contributed by atoms with van der Waals surface area (Å²) in [7, 11) is 0. The average molecular weight is 447 g/mol. The Bertz CT molecular complexity index is 1150. The van der Waals surface area contributed by atoms with Crippen LogP contribution in [-0.4, -0.2) is 27.7 Å². The van der Waals surface area contributed by atoms with Gasteiger partial charge >= 0.3 is 0 Å². The largest absolute Gasteiger partial charge is 0.484 e. The number of hydrogen-bond donors (Lipinski definition) is 0. The molecule has 0 unspecified atom stereocenters. The predicted octanol–water partition coefficient (Wildman–Crippen LogP) is 4.68. The first-order valence-electron chi connectivity index (χ1n) is 10.6. The number of ether oxygens (including phenoxy) is 1. The molecule has 0 fully saturated rings. The van der Waals surface area contributed by atoms with E-state index in [-0.39, 0.29) is 12.5 Å². The molecule has 1 aliphatic rings. The van der Waals surface area contributed by atoms with E-state index in [9.17, 15) is 4.79 Å². The van der Waals surface area contributed by atoms with Gasteiger partial charge in [-0.1, -0.05) is 30.3 Å². The van der Waals surface area contributed by atoms with Gasteiger partial charge in [-0.25, -0.2) is 4.98 Å². The fourth-order valence-electron chi connectivity index (χ4n) is 3.70. The van der Waals surface area contributed by atoms with Crippen LogP contribution in [0.3, 0.4) is 0 Å². The summed E-state index contributed by atoms with van der Waals surface area (Å²) in [6.45, 7) is 0.391. The van der Waals surface area contributed by atoms with Crippen LogP contribution in [0.25, 0.3) is 11.5 Å². The number of amides is 1. The molecule has 2 heterocycles. The molecule has 0 spiro atoms. The molecule has 8 heteroatoms. The third-order valence-corrected chi connectivity index (χ3v) is 6.55. The first-order valence-corrected chi connectivity index (χ1v) is 11.4. The maximum atomic E-state index is 13.2. The lowest BCUT2D eigenvalue weighted by atomic mass is 10.0. The highest BCUT2D eigenvalue weighted by molar-refractivity contribution is 7.15. The Morgan fingerprint density at radius 2 is 1.88 bits per heavy atom. The third-order valence-electron chi connectivity index (χ3n) is 5.37. The Labute approximate surface area is 189 Å². The molecule has 0 bridgehead atoms. The van der Waals surface area contributed by atoms with Crippen LogP contribution in [-0.2, 0) is 24.2 Å². The van der Waals surface area contributed by atoms with E-state index in [1.54, 1.807) is 28.4 Å². The van der Waals surface area contributed by atoms with Crippen LogP contribution in [0.4, 0.5) is 5.13 Å². The number of aromatic nitrogens is 3. The molecule has 0 radical (unpaired) electrons. The first-order chi connectivity index (χ1) is 15.8. The van der Waals surface area contributed by atoms with E-state index >= 15 is 0 Å². The van der Waals surface area contributed by atoms with Crippen LogP contribution in [0, 0.1) is 0 Å². The minimum atomic E-state index is -0.124. The van der Waals surface area contributed by atoms with Crippen molar-refractivity contribution in [2.45, 2.75) is 32.2 Å². The monoisotopic (exact) mass is 446 g/mol. The summed E-state index contributed by atoms with van der Waals surface area (Å²) in [4.78, 5) is 21.1. The van der Waals surface area contributed by atoms with Crippen molar-refractivity contribution in [3.63, 3.8) is 0 Å². The molecule has 0 N–H and O–H groups in total. The summed E-state index contributed by atoms with van der Waals surface area (Å²) < 4.78 is 11.0. The van der Waals surface area contributed by atoms with Gasteiger partial charge in [0.05, 0.1) is 12.2 Å². The van der Waals surface area contributed by atoms with Gasteiger partial charge in [0.15, 0.2) is 11.7 Å². The zero-order valence-corrected chi connectivity index (χ0v) is 18.3. The number of nitrogens with zero attached hydrogens (tertiary/aromatic N) is 4. The Kier molecular flexibility index (Phi) is 5.93. The zero-order valence-electron chi connectivity index (χ0n) is 17.4. The van der Waals surface area contributed by atoms with E-state index in [0.717, 1.165) is 41.2 Å². The number of hydrogen-bond acceptors (Lipinski definition) is 7. The van der Waals surface area contributed by atoms with E-state index in [4.69, 9.17) is 14.1 Å². The number of carbonyl (C=O) groups is 1. The molecule has 0 saturated heterocycles. The second-order valence-electron chi connectivity index (χ2n) is 7.60. The van der Waals surface area contributed by atoms with Gasteiger partial charge in [-0.05, 0) is 55.5 Å². The SMILES string of the molecule is O=C(COc1ccc(-c2nnco2)cc1)N(Cc1ccccc1)c1nc2c(s1)CCCC2. The van der Waals surface area contributed by atoms with Crippen LogP contribution in [0.2, 0.25) is 0 Å². The number of benzene rings is 2. The third kappa shape index (κ3) is 4.55. The van der Waals surface area contributed by atoms with Crippen molar-refractivity contribution in [1.29, 1.82) is 0 Å². The summed E-state index contributed by atoms with van der Waals surface area (Å²) in [5, 5.41) is 8.33. The van der Waals surface area contributed by atoms with Crippen LogP contribution in [0.5, 0.6) is 5.75 Å². The van der Waals surface area contributed by atoms with Crippen molar-refractivity contribution >= 4 is 22.4 Å². The van der Waals surface area contributed by atoms with Crippen LogP contribution >= 0.6 is 11.3 Å². The molecule has 5 rings (SSSR count). The molecule has 7 nitrogen and oxygen atoms in total. The lowest BCUT2D eigenvalue weighted by Crippen LogP contribution is -2.34. The van der Waals surface area contributed by atoms with Gasteiger partial charge in [0.2, 0.25) is 12.3 Å². The van der Waals surface area contributed by atoms with E-state index in [2.05, 4.69) is 10.2 Å². The second kappa shape index (κ2) is 9.32. The van der Waals surface area contributed by atoms with Gasteiger partial charge in [0.1, 0.15) is 5.75 Å². The van der Waals surface area contributed by atoms with Gasteiger partial charge < -0.3 is 9.15 Å². The Balaban J connectivity index is 1.31. The normalized spacial score (nSPS) is 12.9. The molecular weight excluding hydrogens is 424 g/mol. The van der Waals surface area contributed by atoms with Crippen molar-refractivity contribution in [1.82, 2.24) is 15.2 Å². The second-order valence-corrected chi connectivity index (χ2v) is 8.66. The molecule has 162 valence electrons. The zero-order chi connectivity index (χ0) is 21.8. The van der Waals surface area contributed by atoms with Crippen molar-refractivity contribution in [3.8, 4) is 17.2 Å². The van der Waals surface area contributed by atoms with Crippen molar-refractivity contribution in [2.75, 3.05) is 11.5 Å². The van der Waals surface area contributed by atoms with Gasteiger partial charge in [-0.3, -0.25) is 9.69 Å². The maximum absolute atomic E-state index is 13.2. The van der Waals surface area contributed by atoms with Gasteiger partial charge in [-0.15, -0.1) is 21.5 Å². The summed E-state index contributed by atoms with van der Waals surface area (Å²) in [6, 6.07) is 17.2. The van der Waals surface area contributed by atoms with Gasteiger partial charge in [0.25, 0.3) is 5.91 Å². The highest BCUT2D eigenvalue weighted by atomic mass is 32.1. The van der Waals surface area contributed by atoms with E-state index in [1.807, 2.05) is 42.5 Å². The number of fused-ring (bicyclic) bond motifs is 1. The number of aryl methyl sites for hydroxylation is 2. The Morgan fingerprint density at radius 1 is 1.06 bits per heavy atom. The van der Waals surface area contributed by atoms with Crippen molar-refractivity contribution in [3.05, 3.63) is 77.1 Å². The molecule has 1 amide bonds. The molecule has 32 heavy (non-hydrogen) atoms. The quantitative estimate of drug-likeness (QED) is 0.410. The minimum Gasteiger partial charge on any atom is -0.484 e. The number of rotatable bonds is 7. The lowest BCUT2D eigenvalue weighted by Gasteiger charge is -2.20. The highest BCUT2D eigenvalue weighted by Crippen LogP contribution is 2.32. The summed E-state index contributed by atoms with van der Waals surface area (Å²) in [5.41, 5.74) is 2.98. The molecular formula is C24H22N4O3S. The van der Waals surface area contributed by atoms with Gasteiger partial charge in [0, 0.05) is 10.4 Å². The number of carbonyl (C=O) groups excluding carboxylic acids is 1. The maximum Gasteiger partial charge on any atom is 0.267 e. The number of anilines is 1. The highest BCUT2D eigenvalue weighted by Gasteiger charge is 2.24. The van der Waals surface area contributed by atoms with E-state index in [1.165, 1.54) is 17.7 Å². The summed E-state index contributed by atoms with van der Waals surface area (Å²) in [6.07, 6.45) is 5.66. The molecule has 0 aliphatic heterocycles. The Morgan fingerprint density at radius 3 is 2.62 bits per heavy atom. The standard InChI is InChI=1S/C24H22N4O3S/c29-22(15-30-19-12-10-18(11-13-19)23-27-25-16-31-23)28(14-17-6-2-1-3-7-17)24-26-20-8-4-5-9-21(20)32-24/h1-3,6-7,10-13,16H,4-5,8-9,14-15H2. The fraction of sp³-hybridized carbons (Fsp3) is 0.250. The number of thiazole rings is 1. The average Bonchev–Trinajstić information content (AvgIpc) is 3.52. The lowest BCUT2D eigenvalue weighted by molar-refractivity contribution is -0.120. The van der Waals surface area contributed by atoms with Crippen LogP contribution in [0.15, 0.2) is 65.4 Å². The summed E-state index contributed by atoms with van der Waals surface area (Å²) in [5.74, 6) is 0.912. The van der Waals surface area contributed by atoms with E-state index < -0.39 is 0 Å². The molecule has 0 atom stereocenters. The topological polar surface area (TPSA) is 81.3 Å². The smallest absolute Gasteiger partial charge is 0.267 e. The van der Waals surface area contributed by atoms with E-state index in [0.29, 0.717) is 18.2 Å². The van der Waals surface area contributed by atoms with Gasteiger partial charge in [-0.2, -0.15) is 0 Å². The molecule has 2 aromatic carbocycles. The molecule has 0 saturated carbocycles. The first kappa shape index (κ1) is 20.4. The minimum absolute atomic E-state index is 0.0724. The van der Waals surface area contributed by atoms with Crippen LogP contribution < -0.4 is 9.64 Å². The van der Waals surface area contributed by atoms with Crippen molar-refractivity contribution < 1.29 is 13.9 Å². The van der Waals surface area contributed by atoms with Crippen LogP contribution in [0.1, 0.15) is 29.0 Å². The molecule has 1 aliphatic carbocycles. The molecule has 4 aromatic rings.